The molecule has 0 saturated carbocycles. The highest BCUT2D eigenvalue weighted by Crippen LogP contribution is 2.24. The summed E-state index contributed by atoms with van der Waals surface area (Å²) >= 11 is 6.01. The van der Waals surface area contributed by atoms with E-state index >= 15 is 0 Å². The molecule has 0 bridgehead atoms. The Morgan fingerprint density at radius 1 is 1.58 bits per heavy atom. The van der Waals surface area contributed by atoms with Gasteiger partial charge in [-0.15, -0.1) is 0 Å². The molecular weight excluding hydrogens is 262 g/mol. The number of nitrogens with one attached hydrogen (secondary N) is 1. The minimum atomic E-state index is -0.00813. The highest BCUT2D eigenvalue weighted by molar-refractivity contribution is 6.34. The predicted molar refractivity (Wildman–Crippen MR) is 79.3 cm³/mol. The Morgan fingerprint density at radius 3 is 3.00 bits per heavy atom. The molecule has 4 nitrogen and oxygen atoms in total. The molecule has 0 aliphatic carbocycles. The van der Waals surface area contributed by atoms with Gasteiger partial charge in [-0.25, -0.2) is 0 Å². The van der Waals surface area contributed by atoms with Gasteiger partial charge >= 0.3 is 0 Å². The van der Waals surface area contributed by atoms with Crippen LogP contribution in [0.2, 0.25) is 5.02 Å². The van der Waals surface area contributed by atoms with Gasteiger partial charge in [-0.05, 0) is 37.1 Å². The monoisotopic (exact) mass is 281 g/mol. The van der Waals surface area contributed by atoms with E-state index in [-0.39, 0.29) is 5.91 Å². The number of hydrogen-bond donors (Lipinski definition) is 2. The van der Waals surface area contributed by atoms with Gasteiger partial charge in [-0.1, -0.05) is 18.5 Å². The van der Waals surface area contributed by atoms with Crippen molar-refractivity contribution >= 4 is 28.9 Å². The van der Waals surface area contributed by atoms with Crippen molar-refractivity contribution in [1.29, 1.82) is 0 Å². The third-order valence-electron chi connectivity index (χ3n) is 3.43. The summed E-state index contributed by atoms with van der Waals surface area (Å²) in [6, 6.07) is 5.09. The molecule has 1 amide bonds. The Kier molecular flexibility index (Phi) is 4.66. The number of nitrogens with two attached hydrogens (primary N) is 1. The van der Waals surface area contributed by atoms with Gasteiger partial charge < -0.3 is 16.0 Å². The van der Waals surface area contributed by atoms with Crippen LogP contribution in [0.25, 0.3) is 0 Å². The van der Waals surface area contributed by atoms with Crippen LogP contribution in [0.3, 0.4) is 0 Å². The summed E-state index contributed by atoms with van der Waals surface area (Å²) in [5.41, 5.74) is 6.82. The van der Waals surface area contributed by atoms with Crippen LogP contribution in [0.1, 0.15) is 19.8 Å². The minimum absolute atomic E-state index is 0.00813. The molecule has 5 heteroatoms. The quantitative estimate of drug-likeness (QED) is 0.834. The van der Waals surface area contributed by atoms with Crippen molar-refractivity contribution in [2.45, 2.75) is 19.8 Å². The summed E-state index contributed by atoms with van der Waals surface area (Å²) in [6.07, 6.45) is 1.72. The fourth-order valence-corrected chi connectivity index (χ4v) is 2.57. The Morgan fingerprint density at radius 2 is 2.37 bits per heavy atom. The standard InChI is InChI=1S/C14H20ClN3O/c1-10-4-6-18(9-10)7-5-14(19)17-13-3-2-11(16)8-12(13)15/h2-3,8,10H,4-7,9,16H2,1H3,(H,17,19). The van der Waals surface area contributed by atoms with Gasteiger partial charge in [0.15, 0.2) is 0 Å². The van der Waals surface area contributed by atoms with Crippen molar-refractivity contribution in [3.63, 3.8) is 0 Å². The van der Waals surface area contributed by atoms with Gasteiger partial charge in [0.1, 0.15) is 0 Å². The lowest BCUT2D eigenvalue weighted by molar-refractivity contribution is -0.116. The van der Waals surface area contributed by atoms with E-state index in [2.05, 4.69) is 17.1 Å². The van der Waals surface area contributed by atoms with Crippen LogP contribution in [0.15, 0.2) is 18.2 Å². The molecule has 1 aromatic rings. The first-order valence-electron chi connectivity index (χ1n) is 6.62. The number of amides is 1. The third kappa shape index (κ3) is 4.11. The number of nitrogen functional groups attached to an aromatic ring is 1. The second-order valence-electron chi connectivity index (χ2n) is 5.23. The van der Waals surface area contributed by atoms with E-state index in [1.54, 1.807) is 18.2 Å². The van der Waals surface area contributed by atoms with Gasteiger partial charge in [-0.2, -0.15) is 0 Å². The Balaban J connectivity index is 1.81. The first-order valence-corrected chi connectivity index (χ1v) is 6.99. The fraction of sp³-hybridized carbons (Fsp3) is 0.500. The van der Waals surface area contributed by atoms with E-state index in [0.717, 1.165) is 25.6 Å². The van der Waals surface area contributed by atoms with Crippen molar-refractivity contribution in [1.82, 2.24) is 4.90 Å². The molecule has 0 aromatic heterocycles. The number of anilines is 2. The number of likely N-dealkylation sites (tertiary alicyclic amines) is 1. The predicted octanol–water partition coefficient (Wildman–Crippen LogP) is 2.59. The molecule has 1 unspecified atom stereocenters. The molecule has 0 spiro atoms. The topological polar surface area (TPSA) is 58.4 Å². The van der Waals surface area contributed by atoms with Crippen molar-refractivity contribution in [2.75, 3.05) is 30.7 Å². The van der Waals surface area contributed by atoms with E-state index in [1.807, 2.05) is 0 Å². The van der Waals surface area contributed by atoms with Crippen molar-refractivity contribution < 1.29 is 4.79 Å². The lowest BCUT2D eigenvalue weighted by Gasteiger charge is -2.15. The summed E-state index contributed by atoms with van der Waals surface area (Å²) in [6.45, 7) is 5.24. The maximum atomic E-state index is 11.9. The second-order valence-corrected chi connectivity index (χ2v) is 5.64. The summed E-state index contributed by atoms with van der Waals surface area (Å²) in [5, 5.41) is 3.29. The molecule has 2 rings (SSSR count). The van der Waals surface area contributed by atoms with Crippen molar-refractivity contribution in [3.8, 4) is 0 Å². The number of halogens is 1. The van der Waals surface area contributed by atoms with Crippen LogP contribution >= 0.6 is 11.6 Å². The molecule has 104 valence electrons. The normalized spacial score (nSPS) is 19.6. The molecule has 1 heterocycles. The summed E-state index contributed by atoms with van der Waals surface area (Å²) in [4.78, 5) is 14.2. The molecule has 1 aromatic carbocycles. The number of nitrogens with zero attached hydrogens (tertiary/aromatic N) is 1. The molecule has 1 saturated heterocycles. The lowest BCUT2D eigenvalue weighted by Crippen LogP contribution is -2.25. The SMILES string of the molecule is CC1CCN(CCC(=O)Nc2ccc(N)cc2Cl)C1. The van der Waals surface area contributed by atoms with Gasteiger partial charge in [-0.3, -0.25) is 4.79 Å². The van der Waals surface area contributed by atoms with Gasteiger partial charge in [0.25, 0.3) is 0 Å². The first kappa shape index (κ1) is 14.2. The van der Waals surface area contributed by atoms with Gasteiger partial charge in [0.2, 0.25) is 5.91 Å². The van der Waals surface area contributed by atoms with Crippen molar-refractivity contribution in [2.24, 2.45) is 5.92 Å². The van der Waals surface area contributed by atoms with E-state index < -0.39 is 0 Å². The number of rotatable bonds is 4. The third-order valence-corrected chi connectivity index (χ3v) is 3.74. The Hall–Kier alpha value is -1.26. The smallest absolute Gasteiger partial charge is 0.225 e. The zero-order valence-corrected chi connectivity index (χ0v) is 11.9. The highest BCUT2D eigenvalue weighted by Gasteiger charge is 2.18. The zero-order chi connectivity index (χ0) is 13.8. The number of benzene rings is 1. The van der Waals surface area contributed by atoms with Crippen LogP contribution in [-0.4, -0.2) is 30.4 Å². The number of carbonyl (C=O) groups is 1. The Bertz CT molecular complexity index is 464. The highest BCUT2D eigenvalue weighted by atomic mass is 35.5. The van der Waals surface area contributed by atoms with E-state index in [4.69, 9.17) is 17.3 Å². The minimum Gasteiger partial charge on any atom is -0.399 e. The Labute approximate surface area is 118 Å². The molecule has 0 radical (unpaired) electrons. The largest absolute Gasteiger partial charge is 0.399 e. The summed E-state index contributed by atoms with van der Waals surface area (Å²) in [7, 11) is 0. The zero-order valence-electron chi connectivity index (χ0n) is 11.2. The van der Waals surface area contributed by atoms with E-state index in [1.165, 1.54) is 6.42 Å². The average molecular weight is 282 g/mol. The van der Waals surface area contributed by atoms with Crippen LogP contribution in [0.5, 0.6) is 0 Å². The first-order chi connectivity index (χ1) is 9.04. The van der Waals surface area contributed by atoms with Crippen LogP contribution in [-0.2, 0) is 4.79 Å². The summed E-state index contributed by atoms with van der Waals surface area (Å²) in [5.74, 6) is 0.737. The van der Waals surface area contributed by atoms with Gasteiger partial charge in [0.05, 0.1) is 10.7 Å². The average Bonchev–Trinajstić information content (AvgIpc) is 2.76. The molecule has 1 fully saturated rings. The van der Waals surface area contributed by atoms with Crippen LogP contribution in [0, 0.1) is 5.92 Å². The molecule has 1 aliphatic heterocycles. The van der Waals surface area contributed by atoms with Crippen molar-refractivity contribution in [3.05, 3.63) is 23.2 Å². The summed E-state index contributed by atoms with van der Waals surface area (Å²) < 4.78 is 0. The maximum Gasteiger partial charge on any atom is 0.225 e. The van der Waals surface area contributed by atoms with Crippen LogP contribution in [0.4, 0.5) is 11.4 Å². The van der Waals surface area contributed by atoms with E-state index in [0.29, 0.717) is 22.8 Å². The van der Waals surface area contributed by atoms with Crippen LogP contribution < -0.4 is 11.1 Å². The lowest BCUT2D eigenvalue weighted by atomic mass is 10.2. The van der Waals surface area contributed by atoms with E-state index in [9.17, 15) is 4.79 Å². The molecular formula is C14H20ClN3O. The molecule has 3 N–H and O–H groups in total. The molecule has 1 aliphatic rings. The number of hydrogen-bond acceptors (Lipinski definition) is 3. The maximum absolute atomic E-state index is 11.9. The fourth-order valence-electron chi connectivity index (χ4n) is 2.33. The van der Waals surface area contributed by atoms with Gasteiger partial charge in [0, 0.05) is 25.2 Å². The molecule has 1 atom stereocenters. The number of carbonyl (C=O) groups excluding carboxylic acids is 1. The molecule has 19 heavy (non-hydrogen) atoms. The second kappa shape index (κ2) is 6.26.